The van der Waals surface area contributed by atoms with Crippen LogP contribution in [0, 0.1) is 19.7 Å². The summed E-state index contributed by atoms with van der Waals surface area (Å²) < 4.78 is 19.6. The van der Waals surface area contributed by atoms with Crippen molar-refractivity contribution in [3.8, 4) is 0 Å². The third-order valence-electron chi connectivity index (χ3n) is 5.07. The van der Waals surface area contributed by atoms with E-state index < -0.39 is 12.0 Å². The summed E-state index contributed by atoms with van der Waals surface area (Å²) in [6.07, 6.45) is 0. The average Bonchev–Trinajstić information content (AvgIpc) is 2.88. The number of ketones is 1. The molecule has 1 heterocycles. The van der Waals surface area contributed by atoms with Gasteiger partial charge in [0.05, 0.1) is 13.2 Å². The zero-order chi connectivity index (χ0) is 21.2. The molecule has 6 nitrogen and oxygen atoms in total. The number of carbonyl (C=O) groups excluding carboxylic acids is 3. The van der Waals surface area contributed by atoms with Gasteiger partial charge in [0.15, 0.2) is 5.78 Å². The second-order valence-corrected chi connectivity index (χ2v) is 6.80. The van der Waals surface area contributed by atoms with Crippen LogP contribution in [0.15, 0.2) is 24.3 Å². The van der Waals surface area contributed by atoms with Gasteiger partial charge >= 0.3 is 5.97 Å². The zero-order valence-electron chi connectivity index (χ0n) is 17.0. The van der Waals surface area contributed by atoms with E-state index in [-0.39, 0.29) is 24.1 Å². The van der Waals surface area contributed by atoms with E-state index in [2.05, 4.69) is 0 Å². The molecule has 1 atom stereocenters. The number of nitrogens with zero attached hydrogens (tertiary/aromatic N) is 2. The van der Waals surface area contributed by atoms with E-state index in [0.717, 1.165) is 0 Å². The molecule has 0 aliphatic heterocycles. The first-order chi connectivity index (χ1) is 13.1. The first-order valence-corrected chi connectivity index (χ1v) is 8.90. The van der Waals surface area contributed by atoms with Crippen LogP contribution in [0.5, 0.6) is 0 Å². The van der Waals surface area contributed by atoms with Gasteiger partial charge in [-0.1, -0.05) is 12.1 Å². The SMILES string of the molecule is COC(=O)c1c(C)c(C(=O)C(C)N(Cc2ccc(F)cc2)C(C)=O)c(C)n1C. The lowest BCUT2D eigenvalue weighted by atomic mass is 9.99. The van der Waals surface area contributed by atoms with Gasteiger partial charge in [-0.2, -0.15) is 0 Å². The third-order valence-corrected chi connectivity index (χ3v) is 5.07. The predicted octanol–water partition coefficient (Wildman–Crippen LogP) is 3.19. The molecule has 150 valence electrons. The Morgan fingerprint density at radius 1 is 1.18 bits per heavy atom. The number of halogens is 1. The van der Waals surface area contributed by atoms with Crippen LogP contribution in [0.3, 0.4) is 0 Å². The number of rotatable bonds is 6. The standard InChI is InChI=1S/C21H25FN2O4/c1-12-18(13(2)23(5)19(12)21(27)28-6)20(26)14(3)24(15(4)25)11-16-7-9-17(22)10-8-16/h7-10,14H,11H2,1-6H3. The van der Waals surface area contributed by atoms with Gasteiger partial charge < -0.3 is 14.2 Å². The number of amides is 1. The molecule has 28 heavy (non-hydrogen) atoms. The first-order valence-electron chi connectivity index (χ1n) is 8.90. The lowest BCUT2D eigenvalue weighted by Gasteiger charge is -2.27. The van der Waals surface area contributed by atoms with Gasteiger partial charge in [0.2, 0.25) is 5.91 Å². The molecule has 0 saturated carbocycles. The zero-order valence-corrected chi connectivity index (χ0v) is 17.0. The molecule has 1 amide bonds. The molecule has 0 radical (unpaired) electrons. The monoisotopic (exact) mass is 388 g/mol. The van der Waals surface area contributed by atoms with E-state index in [4.69, 9.17) is 4.74 Å². The molecule has 1 aromatic carbocycles. The van der Waals surface area contributed by atoms with Gasteiger partial charge in [-0.25, -0.2) is 9.18 Å². The van der Waals surface area contributed by atoms with Crippen LogP contribution in [0.2, 0.25) is 0 Å². The van der Waals surface area contributed by atoms with Crippen molar-refractivity contribution in [2.75, 3.05) is 7.11 Å². The quantitative estimate of drug-likeness (QED) is 0.563. The van der Waals surface area contributed by atoms with E-state index in [0.29, 0.717) is 28.1 Å². The summed E-state index contributed by atoms with van der Waals surface area (Å²) in [6, 6.07) is 5.03. The van der Waals surface area contributed by atoms with Crippen LogP contribution >= 0.6 is 0 Å². The van der Waals surface area contributed by atoms with Gasteiger partial charge in [0.25, 0.3) is 0 Å². The molecule has 1 aromatic heterocycles. The average molecular weight is 388 g/mol. The van der Waals surface area contributed by atoms with Crippen molar-refractivity contribution in [1.82, 2.24) is 9.47 Å². The Labute approximate surface area is 163 Å². The van der Waals surface area contributed by atoms with Crippen LogP contribution in [0.25, 0.3) is 0 Å². The molecule has 0 fully saturated rings. The number of ether oxygens (including phenoxy) is 1. The molecule has 0 bridgehead atoms. The highest BCUT2D eigenvalue weighted by Gasteiger charge is 2.31. The highest BCUT2D eigenvalue weighted by atomic mass is 19.1. The molecule has 0 aliphatic carbocycles. The number of esters is 1. The summed E-state index contributed by atoms with van der Waals surface area (Å²) >= 11 is 0. The molecular weight excluding hydrogens is 363 g/mol. The van der Waals surface area contributed by atoms with E-state index in [9.17, 15) is 18.8 Å². The number of benzene rings is 1. The Morgan fingerprint density at radius 2 is 1.75 bits per heavy atom. The fourth-order valence-corrected chi connectivity index (χ4v) is 3.38. The summed E-state index contributed by atoms with van der Waals surface area (Å²) in [5, 5.41) is 0. The summed E-state index contributed by atoms with van der Waals surface area (Å²) in [4.78, 5) is 38.9. The summed E-state index contributed by atoms with van der Waals surface area (Å²) in [5.74, 6) is -1.43. The molecule has 0 saturated heterocycles. The molecule has 0 aliphatic rings. The van der Waals surface area contributed by atoms with Crippen molar-refractivity contribution in [3.05, 3.63) is 58.2 Å². The number of Topliss-reactive ketones (excluding diaryl/α,β-unsaturated/α-hetero) is 1. The maximum atomic E-state index is 13.2. The van der Waals surface area contributed by atoms with Crippen molar-refractivity contribution in [3.63, 3.8) is 0 Å². The fourth-order valence-electron chi connectivity index (χ4n) is 3.38. The van der Waals surface area contributed by atoms with Gasteiger partial charge in [-0.05, 0) is 44.0 Å². The van der Waals surface area contributed by atoms with E-state index in [1.807, 2.05) is 0 Å². The van der Waals surface area contributed by atoms with E-state index in [1.165, 1.54) is 31.1 Å². The Bertz CT molecular complexity index is 915. The van der Waals surface area contributed by atoms with Crippen LogP contribution in [0.1, 0.15) is 51.5 Å². The second kappa shape index (κ2) is 8.37. The highest BCUT2D eigenvalue weighted by Crippen LogP contribution is 2.25. The number of hydrogen-bond donors (Lipinski definition) is 0. The van der Waals surface area contributed by atoms with Crippen LogP contribution in [0.4, 0.5) is 4.39 Å². The maximum absolute atomic E-state index is 13.2. The Hall–Kier alpha value is -2.96. The summed E-state index contributed by atoms with van der Waals surface area (Å²) in [5.41, 5.74) is 2.58. The predicted molar refractivity (Wildman–Crippen MR) is 103 cm³/mol. The van der Waals surface area contributed by atoms with E-state index >= 15 is 0 Å². The molecule has 0 spiro atoms. The van der Waals surface area contributed by atoms with Crippen molar-refractivity contribution >= 4 is 17.7 Å². The summed E-state index contributed by atoms with van der Waals surface area (Å²) in [7, 11) is 2.98. The van der Waals surface area contributed by atoms with Crippen LogP contribution < -0.4 is 0 Å². The number of methoxy groups -OCH3 is 1. The highest BCUT2D eigenvalue weighted by molar-refractivity contribution is 6.06. The number of hydrogen-bond acceptors (Lipinski definition) is 4. The smallest absolute Gasteiger partial charge is 0.354 e. The van der Waals surface area contributed by atoms with Crippen molar-refractivity contribution in [2.45, 2.75) is 40.3 Å². The van der Waals surface area contributed by atoms with E-state index in [1.54, 1.807) is 44.5 Å². The molecule has 0 N–H and O–H groups in total. The minimum atomic E-state index is -0.757. The Kier molecular flexibility index (Phi) is 6.38. The third kappa shape index (κ3) is 3.98. The van der Waals surface area contributed by atoms with Gasteiger partial charge in [-0.15, -0.1) is 0 Å². The summed E-state index contributed by atoms with van der Waals surface area (Å²) in [6.45, 7) is 6.65. The van der Waals surface area contributed by atoms with Crippen molar-refractivity contribution in [1.29, 1.82) is 0 Å². The lowest BCUT2D eigenvalue weighted by Crippen LogP contribution is -2.42. The van der Waals surface area contributed by atoms with Gasteiger partial charge in [0, 0.05) is 31.8 Å². The largest absolute Gasteiger partial charge is 0.464 e. The molecule has 7 heteroatoms. The Morgan fingerprint density at radius 3 is 2.25 bits per heavy atom. The lowest BCUT2D eigenvalue weighted by molar-refractivity contribution is -0.130. The molecule has 2 aromatic rings. The first kappa shape index (κ1) is 21.3. The number of aromatic nitrogens is 1. The fraction of sp³-hybridized carbons (Fsp3) is 0.381. The van der Waals surface area contributed by atoms with Crippen LogP contribution in [-0.4, -0.2) is 40.3 Å². The minimum absolute atomic E-state index is 0.178. The van der Waals surface area contributed by atoms with Crippen molar-refractivity contribution in [2.24, 2.45) is 7.05 Å². The molecular formula is C21H25FN2O4. The molecule has 1 unspecified atom stereocenters. The van der Waals surface area contributed by atoms with Crippen LogP contribution in [-0.2, 0) is 23.1 Å². The topological polar surface area (TPSA) is 68.6 Å². The Balaban J connectivity index is 2.39. The van der Waals surface area contributed by atoms with Crippen molar-refractivity contribution < 1.29 is 23.5 Å². The van der Waals surface area contributed by atoms with Gasteiger partial charge in [0.1, 0.15) is 11.5 Å². The van der Waals surface area contributed by atoms with Gasteiger partial charge in [-0.3, -0.25) is 9.59 Å². The normalized spacial score (nSPS) is 11.8. The molecule has 2 rings (SSSR count). The number of carbonyl (C=O) groups is 3. The minimum Gasteiger partial charge on any atom is -0.464 e. The second-order valence-electron chi connectivity index (χ2n) is 6.80. The maximum Gasteiger partial charge on any atom is 0.354 e.